The third-order valence-corrected chi connectivity index (χ3v) is 3.51. The zero-order valence-corrected chi connectivity index (χ0v) is 11.6. The van der Waals surface area contributed by atoms with Crippen LogP contribution in [-0.4, -0.2) is 20.3 Å². The normalized spacial score (nSPS) is 19.4. The molecule has 4 nitrogen and oxygen atoms in total. The van der Waals surface area contributed by atoms with Crippen molar-refractivity contribution in [1.82, 2.24) is 5.32 Å². The molecule has 0 saturated heterocycles. The van der Waals surface area contributed by atoms with Gasteiger partial charge in [0.25, 0.3) is 0 Å². The summed E-state index contributed by atoms with van der Waals surface area (Å²) in [5.41, 5.74) is 9.24. The Kier molecular flexibility index (Phi) is 4.68. The number of hydrogen-bond acceptors (Lipinski definition) is 4. The third kappa shape index (κ3) is 3.41. The second kappa shape index (κ2) is 6.48. The van der Waals surface area contributed by atoms with Crippen molar-refractivity contribution in [2.75, 3.05) is 14.2 Å². The van der Waals surface area contributed by atoms with Gasteiger partial charge in [-0.3, -0.25) is 0 Å². The molecule has 1 unspecified atom stereocenters. The minimum absolute atomic E-state index is 0.104. The van der Waals surface area contributed by atoms with Gasteiger partial charge in [0.2, 0.25) is 0 Å². The minimum Gasteiger partial charge on any atom is -0.497 e. The lowest BCUT2D eigenvalue weighted by atomic mass is 9.98. The Labute approximate surface area is 114 Å². The maximum atomic E-state index is 6.07. The average Bonchev–Trinajstić information content (AvgIpc) is 2.46. The second-order valence-electron chi connectivity index (χ2n) is 4.76. The lowest BCUT2D eigenvalue weighted by molar-refractivity contribution is 0.109. The van der Waals surface area contributed by atoms with E-state index in [0.717, 1.165) is 43.0 Å². The molecule has 0 saturated carbocycles. The minimum atomic E-state index is 0.104. The van der Waals surface area contributed by atoms with E-state index in [0.29, 0.717) is 0 Å². The van der Waals surface area contributed by atoms with E-state index < -0.39 is 0 Å². The molecule has 4 heteroatoms. The molecular formula is C15H22N2O2. The molecule has 104 valence electrons. The molecule has 0 spiro atoms. The van der Waals surface area contributed by atoms with Crippen LogP contribution >= 0.6 is 0 Å². The summed E-state index contributed by atoms with van der Waals surface area (Å²) in [4.78, 5) is 0. The summed E-state index contributed by atoms with van der Waals surface area (Å²) < 4.78 is 10.6. The molecule has 0 amide bonds. The number of hydrogen-bond donors (Lipinski definition) is 2. The number of nitrogens with two attached hydrogens (primary N) is 1. The van der Waals surface area contributed by atoms with Gasteiger partial charge in [-0.25, -0.2) is 0 Å². The van der Waals surface area contributed by atoms with E-state index in [4.69, 9.17) is 15.2 Å². The molecular weight excluding hydrogens is 240 g/mol. The fraction of sp³-hybridized carbons (Fsp3) is 0.467. The lowest BCUT2D eigenvalue weighted by Gasteiger charge is -2.27. The summed E-state index contributed by atoms with van der Waals surface area (Å²) in [6.07, 6.45) is 3.18. The van der Waals surface area contributed by atoms with Crippen molar-refractivity contribution in [1.29, 1.82) is 0 Å². The number of allylic oxidation sites excluding steroid dienone is 1. The predicted molar refractivity (Wildman–Crippen MR) is 75.7 cm³/mol. The van der Waals surface area contributed by atoms with Crippen LogP contribution in [0.2, 0.25) is 0 Å². The Morgan fingerprint density at radius 2 is 2.00 bits per heavy atom. The molecule has 0 bridgehead atoms. The Bertz CT molecular complexity index is 440. The Morgan fingerprint density at radius 1 is 1.26 bits per heavy atom. The molecule has 1 atom stereocenters. The van der Waals surface area contributed by atoms with Gasteiger partial charge in [0.05, 0.1) is 18.9 Å². The van der Waals surface area contributed by atoms with Gasteiger partial charge < -0.3 is 20.5 Å². The summed E-state index contributed by atoms with van der Waals surface area (Å²) in [5, 5.41) is 3.41. The van der Waals surface area contributed by atoms with Gasteiger partial charge in [-0.05, 0) is 37.0 Å². The first-order chi connectivity index (χ1) is 9.24. The van der Waals surface area contributed by atoms with Gasteiger partial charge in [0.1, 0.15) is 5.75 Å². The van der Waals surface area contributed by atoms with Crippen LogP contribution in [0, 0.1) is 0 Å². The van der Waals surface area contributed by atoms with Crippen LogP contribution in [0.15, 0.2) is 35.7 Å². The lowest BCUT2D eigenvalue weighted by Crippen LogP contribution is -2.32. The van der Waals surface area contributed by atoms with Crippen LogP contribution < -0.4 is 15.8 Å². The van der Waals surface area contributed by atoms with E-state index in [9.17, 15) is 0 Å². The predicted octanol–water partition coefficient (Wildman–Crippen LogP) is 2.15. The van der Waals surface area contributed by atoms with E-state index in [-0.39, 0.29) is 6.10 Å². The van der Waals surface area contributed by atoms with E-state index in [1.54, 1.807) is 14.2 Å². The maximum Gasteiger partial charge on any atom is 0.118 e. The SMILES string of the molecule is COc1ccc(CNC2=C(N)CCCC2OC)cc1. The monoisotopic (exact) mass is 262 g/mol. The van der Waals surface area contributed by atoms with Gasteiger partial charge in [0.15, 0.2) is 0 Å². The number of benzene rings is 1. The van der Waals surface area contributed by atoms with Gasteiger partial charge in [-0.15, -0.1) is 0 Å². The van der Waals surface area contributed by atoms with Crippen LogP contribution in [0.3, 0.4) is 0 Å². The fourth-order valence-electron chi connectivity index (χ4n) is 2.37. The molecule has 3 N–H and O–H groups in total. The maximum absolute atomic E-state index is 6.07. The summed E-state index contributed by atoms with van der Waals surface area (Å²) in [5.74, 6) is 0.870. The zero-order chi connectivity index (χ0) is 13.7. The van der Waals surface area contributed by atoms with Crippen LogP contribution in [0.25, 0.3) is 0 Å². The molecule has 0 aromatic heterocycles. The highest BCUT2D eigenvalue weighted by atomic mass is 16.5. The highest BCUT2D eigenvalue weighted by molar-refractivity contribution is 5.28. The van der Waals surface area contributed by atoms with E-state index in [1.165, 1.54) is 5.56 Å². The summed E-state index contributed by atoms with van der Waals surface area (Å²) in [7, 11) is 3.41. The van der Waals surface area contributed by atoms with Gasteiger partial charge in [-0.2, -0.15) is 0 Å². The standard InChI is InChI=1S/C15H22N2O2/c1-18-12-8-6-11(7-9-12)10-17-15-13(16)4-3-5-14(15)19-2/h6-9,14,17H,3-5,10,16H2,1-2H3. The second-order valence-corrected chi connectivity index (χ2v) is 4.76. The van der Waals surface area contributed by atoms with Gasteiger partial charge in [-0.1, -0.05) is 12.1 Å². The van der Waals surface area contributed by atoms with Gasteiger partial charge >= 0.3 is 0 Å². The highest BCUT2D eigenvalue weighted by Crippen LogP contribution is 2.23. The van der Waals surface area contributed by atoms with Crippen molar-refractivity contribution < 1.29 is 9.47 Å². The topological polar surface area (TPSA) is 56.5 Å². The van der Waals surface area contributed by atoms with Crippen molar-refractivity contribution in [3.63, 3.8) is 0 Å². The number of ether oxygens (including phenoxy) is 2. The molecule has 1 aliphatic carbocycles. The van der Waals surface area contributed by atoms with Crippen LogP contribution in [0.4, 0.5) is 0 Å². The molecule has 2 rings (SSSR count). The van der Waals surface area contributed by atoms with Crippen molar-refractivity contribution in [2.24, 2.45) is 5.73 Å². The molecule has 0 aliphatic heterocycles. The zero-order valence-electron chi connectivity index (χ0n) is 11.6. The fourth-order valence-corrected chi connectivity index (χ4v) is 2.37. The van der Waals surface area contributed by atoms with E-state index in [2.05, 4.69) is 5.32 Å². The first kappa shape index (κ1) is 13.7. The largest absolute Gasteiger partial charge is 0.497 e. The van der Waals surface area contributed by atoms with Crippen molar-refractivity contribution >= 4 is 0 Å². The van der Waals surface area contributed by atoms with E-state index in [1.807, 2.05) is 24.3 Å². The molecule has 0 radical (unpaired) electrons. The van der Waals surface area contributed by atoms with Crippen molar-refractivity contribution in [2.45, 2.75) is 31.9 Å². The molecule has 1 aromatic carbocycles. The average molecular weight is 262 g/mol. The summed E-state index contributed by atoms with van der Waals surface area (Å²) in [6.45, 7) is 0.750. The van der Waals surface area contributed by atoms with Crippen LogP contribution in [-0.2, 0) is 11.3 Å². The molecule has 19 heavy (non-hydrogen) atoms. The highest BCUT2D eigenvalue weighted by Gasteiger charge is 2.21. The first-order valence-corrected chi connectivity index (χ1v) is 6.62. The van der Waals surface area contributed by atoms with Crippen LogP contribution in [0.5, 0.6) is 5.75 Å². The number of rotatable bonds is 5. The Morgan fingerprint density at radius 3 is 2.63 bits per heavy atom. The quantitative estimate of drug-likeness (QED) is 0.853. The van der Waals surface area contributed by atoms with Crippen molar-refractivity contribution in [3.05, 3.63) is 41.2 Å². The van der Waals surface area contributed by atoms with Gasteiger partial charge in [0, 0.05) is 19.4 Å². The summed E-state index contributed by atoms with van der Waals surface area (Å²) >= 11 is 0. The molecule has 1 aliphatic rings. The Balaban J connectivity index is 2.00. The van der Waals surface area contributed by atoms with Crippen LogP contribution in [0.1, 0.15) is 24.8 Å². The van der Waals surface area contributed by atoms with Crippen molar-refractivity contribution in [3.8, 4) is 5.75 Å². The Hall–Kier alpha value is -1.68. The molecule has 0 fully saturated rings. The molecule has 0 heterocycles. The smallest absolute Gasteiger partial charge is 0.118 e. The number of methoxy groups -OCH3 is 2. The first-order valence-electron chi connectivity index (χ1n) is 6.62. The number of nitrogens with one attached hydrogen (secondary N) is 1. The third-order valence-electron chi connectivity index (χ3n) is 3.51. The van der Waals surface area contributed by atoms with E-state index >= 15 is 0 Å². The molecule has 1 aromatic rings. The summed E-state index contributed by atoms with van der Waals surface area (Å²) in [6, 6.07) is 8.02.